The molecular weight excluding hydrogens is 224 g/mol. The van der Waals surface area contributed by atoms with Crippen LogP contribution in [-0.2, 0) is 0 Å². The van der Waals surface area contributed by atoms with Gasteiger partial charge in [-0.3, -0.25) is 0 Å². The third kappa shape index (κ3) is 3.03. The zero-order valence-corrected chi connectivity index (χ0v) is 11.8. The van der Waals surface area contributed by atoms with Gasteiger partial charge in [-0.2, -0.15) is 0 Å². The molecule has 0 aliphatic carbocycles. The highest BCUT2D eigenvalue weighted by Crippen LogP contribution is 2.24. The van der Waals surface area contributed by atoms with Crippen molar-refractivity contribution in [3.63, 3.8) is 0 Å². The standard InChI is InChI=1S/C15H24N2O/c1-11-5-12(2)7-14(6-11)17-10-15(4,18)9-16-8-13(17)3/h5-7,13,16,18H,8-10H2,1-4H3. The number of nitrogens with one attached hydrogen (secondary N) is 1. The quantitative estimate of drug-likeness (QED) is 0.796. The van der Waals surface area contributed by atoms with Crippen molar-refractivity contribution >= 4 is 5.69 Å². The van der Waals surface area contributed by atoms with Crippen LogP contribution in [0.15, 0.2) is 18.2 Å². The molecule has 1 heterocycles. The third-order valence-electron chi connectivity index (χ3n) is 3.53. The van der Waals surface area contributed by atoms with E-state index in [1.165, 1.54) is 16.8 Å². The molecule has 18 heavy (non-hydrogen) atoms. The minimum absolute atomic E-state index is 0.389. The molecule has 1 saturated heterocycles. The maximum atomic E-state index is 10.3. The van der Waals surface area contributed by atoms with Crippen molar-refractivity contribution < 1.29 is 5.11 Å². The molecule has 1 aromatic carbocycles. The van der Waals surface area contributed by atoms with Crippen LogP contribution in [0.3, 0.4) is 0 Å². The molecular formula is C15H24N2O. The van der Waals surface area contributed by atoms with Gasteiger partial charge in [0.05, 0.1) is 5.60 Å². The van der Waals surface area contributed by atoms with Crippen LogP contribution < -0.4 is 10.2 Å². The number of aliphatic hydroxyl groups is 1. The first-order chi connectivity index (χ1) is 8.37. The molecule has 0 aromatic heterocycles. The van der Waals surface area contributed by atoms with Crippen molar-refractivity contribution in [2.45, 2.75) is 39.3 Å². The molecule has 3 nitrogen and oxygen atoms in total. The molecule has 0 bridgehead atoms. The van der Waals surface area contributed by atoms with Crippen LogP contribution in [0.4, 0.5) is 5.69 Å². The first kappa shape index (κ1) is 13.4. The van der Waals surface area contributed by atoms with E-state index in [-0.39, 0.29) is 0 Å². The highest BCUT2D eigenvalue weighted by molar-refractivity contribution is 5.52. The Bertz CT molecular complexity index is 408. The SMILES string of the molecule is Cc1cc(C)cc(N2CC(C)(O)CNCC2C)c1. The van der Waals surface area contributed by atoms with Crippen molar-refractivity contribution in [3.05, 3.63) is 29.3 Å². The lowest BCUT2D eigenvalue weighted by atomic mass is 10.0. The molecule has 0 radical (unpaired) electrons. The summed E-state index contributed by atoms with van der Waals surface area (Å²) in [4.78, 5) is 2.31. The van der Waals surface area contributed by atoms with E-state index in [1.807, 2.05) is 6.92 Å². The van der Waals surface area contributed by atoms with Crippen molar-refractivity contribution in [1.29, 1.82) is 0 Å². The molecule has 2 unspecified atom stereocenters. The van der Waals surface area contributed by atoms with E-state index in [9.17, 15) is 5.11 Å². The highest BCUT2D eigenvalue weighted by Gasteiger charge is 2.30. The maximum Gasteiger partial charge on any atom is 0.0917 e. The molecule has 2 N–H and O–H groups in total. The minimum Gasteiger partial charge on any atom is -0.387 e. The summed E-state index contributed by atoms with van der Waals surface area (Å²) >= 11 is 0. The fourth-order valence-corrected chi connectivity index (χ4v) is 2.70. The number of hydrogen-bond acceptors (Lipinski definition) is 3. The number of rotatable bonds is 1. The fourth-order valence-electron chi connectivity index (χ4n) is 2.70. The van der Waals surface area contributed by atoms with E-state index in [0.717, 1.165) is 6.54 Å². The van der Waals surface area contributed by atoms with E-state index in [1.54, 1.807) is 0 Å². The van der Waals surface area contributed by atoms with Crippen LogP contribution in [0, 0.1) is 13.8 Å². The van der Waals surface area contributed by atoms with Gasteiger partial charge in [-0.15, -0.1) is 0 Å². The fraction of sp³-hybridized carbons (Fsp3) is 0.600. The van der Waals surface area contributed by atoms with Crippen LogP contribution in [0.25, 0.3) is 0 Å². The molecule has 0 spiro atoms. The normalized spacial score (nSPS) is 29.2. The molecule has 2 atom stereocenters. The lowest BCUT2D eigenvalue weighted by molar-refractivity contribution is 0.0726. The van der Waals surface area contributed by atoms with Crippen LogP contribution in [0.2, 0.25) is 0 Å². The van der Waals surface area contributed by atoms with Crippen molar-refractivity contribution in [2.75, 3.05) is 24.5 Å². The summed E-state index contributed by atoms with van der Waals surface area (Å²) in [5, 5.41) is 13.7. The Morgan fingerprint density at radius 3 is 2.50 bits per heavy atom. The summed E-state index contributed by atoms with van der Waals surface area (Å²) in [5.74, 6) is 0. The van der Waals surface area contributed by atoms with E-state index in [2.05, 4.69) is 49.2 Å². The summed E-state index contributed by atoms with van der Waals surface area (Å²) in [7, 11) is 0. The molecule has 1 aromatic rings. The van der Waals surface area contributed by atoms with E-state index in [4.69, 9.17) is 0 Å². The Morgan fingerprint density at radius 1 is 1.28 bits per heavy atom. The molecule has 0 amide bonds. The van der Waals surface area contributed by atoms with Crippen LogP contribution in [0.1, 0.15) is 25.0 Å². The molecule has 1 aliphatic heterocycles. The smallest absolute Gasteiger partial charge is 0.0917 e. The highest BCUT2D eigenvalue weighted by atomic mass is 16.3. The van der Waals surface area contributed by atoms with E-state index >= 15 is 0 Å². The van der Waals surface area contributed by atoms with Gasteiger partial charge in [-0.25, -0.2) is 0 Å². The topological polar surface area (TPSA) is 35.5 Å². The summed E-state index contributed by atoms with van der Waals surface area (Å²) < 4.78 is 0. The number of nitrogens with zero attached hydrogens (tertiary/aromatic N) is 1. The second-order valence-corrected chi connectivity index (χ2v) is 5.95. The molecule has 100 valence electrons. The van der Waals surface area contributed by atoms with Gasteiger partial charge in [0.1, 0.15) is 0 Å². The average Bonchev–Trinajstić information content (AvgIpc) is 2.36. The molecule has 1 aliphatic rings. The Morgan fingerprint density at radius 2 is 1.89 bits per heavy atom. The zero-order chi connectivity index (χ0) is 13.3. The number of aryl methyl sites for hydroxylation is 2. The van der Waals surface area contributed by atoms with Crippen molar-refractivity contribution in [3.8, 4) is 0 Å². The van der Waals surface area contributed by atoms with Gasteiger partial charge in [-0.05, 0) is 51.0 Å². The lowest BCUT2D eigenvalue weighted by Gasteiger charge is -2.34. The van der Waals surface area contributed by atoms with Crippen LogP contribution in [0.5, 0.6) is 0 Å². The first-order valence-electron chi connectivity index (χ1n) is 6.65. The molecule has 2 rings (SSSR count). The summed E-state index contributed by atoms with van der Waals surface area (Å²) in [5.41, 5.74) is 3.08. The summed E-state index contributed by atoms with van der Waals surface area (Å²) in [6.45, 7) is 10.6. The largest absolute Gasteiger partial charge is 0.387 e. The van der Waals surface area contributed by atoms with E-state index in [0.29, 0.717) is 19.1 Å². The predicted molar refractivity (Wildman–Crippen MR) is 76.2 cm³/mol. The van der Waals surface area contributed by atoms with Crippen molar-refractivity contribution in [1.82, 2.24) is 5.32 Å². The third-order valence-corrected chi connectivity index (χ3v) is 3.53. The monoisotopic (exact) mass is 248 g/mol. The average molecular weight is 248 g/mol. The minimum atomic E-state index is -0.678. The van der Waals surface area contributed by atoms with Gasteiger partial charge in [0, 0.05) is 31.4 Å². The second-order valence-electron chi connectivity index (χ2n) is 5.95. The molecule has 3 heteroatoms. The zero-order valence-electron chi connectivity index (χ0n) is 11.8. The molecule has 1 fully saturated rings. The Kier molecular flexibility index (Phi) is 3.64. The summed E-state index contributed by atoms with van der Waals surface area (Å²) in [6, 6.07) is 6.97. The van der Waals surface area contributed by atoms with Gasteiger partial charge < -0.3 is 15.3 Å². The van der Waals surface area contributed by atoms with Gasteiger partial charge in [0.2, 0.25) is 0 Å². The molecule has 0 saturated carbocycles. The second kappa shape index (κ2) is 4.90. The number of benzene rings is 1. The van der Waals surface area contributed by atoms with Gasteiger partial charge in [0.25, 0.3) is 0 Å². The Balaban J connectivity index is 2.33. The lowest BCUT2D eigenvalue weighted by Crippen LogP contribution is -2.45. The number of anilines is 1. The predicted octanol–water partition coefficient (Wildman–Crippen LogP) is 1.85. The Hall–Kier alpha value is -1.06. The number of hydrogen-bond donors (Lipinski definition) is 2. The van der Waals surface area contributed by atoms with Gasteiger partial charge in [0.15, 0.2) is 0 Å². The first-order valence-corrected chi connectivity index (χ1v) is 6.65. The van der Waals surface area contributed by atoms with Crippen LogP contribution >= 0.6 is 0 Å². The number of β-amino-alcohol motifs (C(OH)–C–C–N with tert-alkyl or cyclic N) is 1. The van der Waals surface area contributed by atoms with Gasteiger partial charge in [-0.1, -0.05) is 6.07 Å². The van der Waals surface area contributed by atoms with Crippen molar-refractivity contribution in [2.24, 2.45) is 0 Å². The maximum absolute atomic E-state index is 10.3. The Labute approximate surface area is 110 Å². The summed E-state index contributed by atoms with van der Waals surface area (Å²) in [6.07, 6.45) is 0. The van der Waals surface area contributed by atoms with Crippen LogP contribution in [-0.4, -0.2) is 36.4 Å². The van der Waals surface area contributed by atoms with E-state index < -0.39 is 5.60 Å². The van der Waals surface area contributed by atoms with Gasteiger partial charge >= 0.3 is 0 Å².